The molecule has 0 radical (unpaired) electrons. The van der Waals surface area contributed by atoms with E-state index in [0.29, 0.717) is 0 Å². The summed E-state index contributed by atoms with van der Waals surface area (Å²) < 4.78 is 173. The number of hydrogen-bond acceptors (Lipinski definition) is 1. The summed E-state index contributed by atoms with van der Waals surface area (Å²) in [4.78, 5) is 12.3. The second-order valence-electron chi connectivity index (χ2n) is 7.24. The van der Waals surface area contributed by atoms with Crippen molar-refractivity contribution in [2.24, 2.45) is 0 Å². The average molecular weight is 486 g/mol. The Kier molecular flexibility index (Phi) is 6.66. The third-order valence-corrected chi connectivity index (χ3v) is 5.34. The molecule has 0 aliphatic carbocycles. The van der Waals surface area contributed by atoms with Crippen molar-refractivity contribution >= 4 is 5.91 Å². The number of carbonyl (C=O) groups excluding carboxylic acids is 1. The molecule has 1 rings (SSSR count). The highest BCUT2D eigenvalue weighted by Gasteiger charge is 2.92. The zero-order chi connectivity index (χ0) is 25.1. The molecule has 31 heavy (non-hydrogen) atoms. The summed E-state index contributed by atoms with van der Waals surface area (Å²) >= 11 is 0. The van der Waals surface area contributed by atoms with E-state index in [-0.39, 0.29) is 0 Å². The number of alkyl halides is 13. The molecule has 1 aliphatic heterocycles. The van der Waals surface area contributed by atoms with E-state index < -0.39 is 83.7 Å². The first-order chi connectivity index (χ1) is 13.5. The molecule has 2 nitrogen and oxygen atoms in total. The van der Waals surface area contributed by atoms with Crippen LogP contribution in [0.3, 0.4) is 0 Å². The highest BCUT2D eigenvalue weighted by Crippen LogP contribution is 2.62. The molecule has 1 amide bonds. The molecule has 1 saturated heterocycles. The van der Waals surface area contributed by atoms with Crippen LogP contribution in [0.2, 0.25) is 0 Å². The molecule has 2 unspecified atom stereocenters. The molecule has 1 heterocycles. The van der Waals surface area contributed by atoms with E-state index in [2.05, 4.69) is 6.58 Å². The minimum Gasteiger partial charge on any atom is -0.249 e. The van der Waals surface area contributed by atoms with E-state index >= 15 is 0 Å². The number of likely N-dealkylation sites (tertiary alicyclic amines) is 1. The summed E-state index contributed by atoms with van der Waals surface area (Å²) in [5.41, 5.74) is -0.478. The Morgan fingerprint density at radius 3 is 1.61 bits per heavy atom. The van der Waals surface area contributed by atoms with Crippen molar-refractivity contribution in [3.63, 3.8) is 0 Å². The second-order valence-corrected chi connectivity index (χ2v) is 7.24. The molecule has 0 aromatic carbocycles. The molecule has 1 aliphatic rings. The Morgan fingerprint density at radius 1 is 0.839 bits per heavy atom. The minimum atomic E-state index is -7.95. The Labute approximate surface area is 167 Å². The van der Waals surface area contributed by atoms with Crippen LogP contribution in [0.25, 0.3) is 0 Å². The van der Waals surface area contributed by atoms with Gasteiger partial charge in [-0.05, 0) is 13.8 Å². The maximum absolute atomic E-state index is 14.6. The van der Waals surface area contributed by atoms with Crippen molar-refractivity contribution in [3.8, 4) is 0 Å². The van der Waals surface area contributed by atoms with Gasteiger partial charge in [0, 0.05) is 18.4 Å². The highest BCUT2D eigenvalue weighted by molar-refractivity contribution is 5.86. The van der Waals surface area contributed by atoms with Crippen molar-refractivity contribution in [3.05, 3.63) is 12.2 Å². The fourth-order valence-corrected chi connectivity index (χ4v) is 3.60. The summed E-state index contributed by atoms with van der Waals surface area (Å²) in [5.74, 6) is -38.6. The summed E-state index contributed by atoms with van der Waals surface area (Å²) in [6.07, 6.45) is -9.02. The summed E-state index contributed by atoms with van der Waals surface area (Å²) in [6, 6.07) is -3.11. The fraction of sp³-hybridized carbons (Fsp3) is 0.812. The lowest BCUT2D eigenvalue weighted by atomic mass is 9.88. The lowest BCUT2D eigenvalue weighted by molar-refractivity contribution is -0.875. The van der Waals surface area contributed by atoms with Crippen molar-refractivity contribution in [1.29, 1.82) is 0 Å². The van der Waals surface area contributed by atoms with Gasteiger partial charge in [-0.15, -0.1) is 0 Å². The van der Waals surface area contributed by atoms with Crippen LogP contribution in [-0.4, -0.2) is 65.3 Å². The van der Waals surface area contributed by atoms with Crippen molar-refractivity contribution in [1.82, 2.24) is 0 Å². The van der Waals surface area contributed by atoms with Crippen molar-refractivity contribution in [2.45, 2.75) is 68.5 Å². The van der Waals surface area contributed by atoms with Crippen molar-refractivity contribution in [2.75, 3.05) is 13.1 Å². The summed E-state index contributed by atoms with van der Waals surface area (Å²) in [6.45, 7) is 3.76. The van der Waals surface area contributed by atoms with Crippen molar-refractivity contribution < 1.29 is 66.4 Å². The van der Waals surface area contributed by atoms with Crippen LogP contribution in [0.15, 0.2) is 12.2 Å². The topological polar surface area (TPSA) is 17.1 Å². The van der Waals surface area contributed by atoms with Crippen LogP contribution in [-0.2, 0) is 4.79 Å². The molecule has 2 atom stereocenters. The number of rotatable bonds is 7. The maximum Gasteiger partial charge on any atom is 0.460 e. The van der Waals surface area contributed by atoms with E-state index in [1.165, 1.54) is 0 Å². The van der Waals surface area contributed by atoms with Gasteiger partial charge in [0.05, 0.1) is 13.1 Å². The van der Waals surface area contributed by atoms with Crippen LogP contribution in [0.5, 0.6) is 0 Å². The summed E-state index contributed by atoms with van der Waals surface area (Å²) in [7, 11) is 0. The summed E-state index contributed by atoms with van der Waals surface area (Å²) in [5, 5.41) is 0. The zero-order valence-corrected chi connectivity index (χ0v) is 15.9. The first-order valence-electron chi connectivity index (χ1n) is 8.53. The van der Waals surface area contributed by atoms with Crippen LogP contribution in [0.4, 0.5) is 57.1 Å². The Bertz CT molecular complexity index is 728. The lowest BCUT2D eigenvalue weighted by Crippen LogP contribution is -2.74. The van der Waals surface area contributed by atoms with Gasteiger partial charge in [-0.25, -0.2) is 9.28 Å². The van der Waals surface area contributed by atoms with Gasteiger partial charge in [0.25, 0.3) is 0 Å². The SMILES string of the molecule is C=C(C)C(=O)[N+]1(CC)CCCC1C(F)(F)C(F)(F)C(F)(F)C(F)(F)C(F)(F)C(F)(F)F. The van der Waals surface area contributed by atoms with Gasteiger partial charge in [0.2, 0.25) is 0 Å². The number of carbonyl (C=O) groups is 1. The number of hydrogen-bond donors (Lipinski definition) is 0. The Morgan fingerprint density at radius 2 is 1.26 bits per heavy atom. The van der Waals surface area contributed by atoms with Gasteiger partial charge < -0.3 is 0 Å². The predicted molar refractivity (Wildman–Crippen MR) is 79.3 cm³/mol. The molecule has 182 valence electrons. The third-order valence-electron chi connectivity index (χ3n) is 5.34. The normalized spacial score (nSPS) is 24.4. The number of likely N-dealkylation sites (N-methyl/N-ethyl adjacent to an activating group) is 1. The highest BCUT2D eigenvalue weighted by atomic mass is 19.4. The number of halogens is 13. The Hall–Kier alpha value is -1.54. The lowest BCUT2D eigenvalue weighted by Gasteiger charge is -2.45. The molecule has 0 aromatic heterocycles. The molecule has 1 fully saturated rings. The van der Waals surface area contributed by atoms with Crippen LogP contribution < -0.4 is 0 Å². The third kappa shape index (κ3) is 3.50. The first kappa shape index (κ1) is 27.5. The molecule has 0 bridgehead atoms. The molecule has 0 N–H and O–H groups in total. The van der Waals surface area contributed by atoms with E-state index in [4.69, 9.17) is 0 Å². The van der Waals surface area contributed by atoms with E-state index in [0.717, 1.165) is 13.8 Å². The fourth-order valence-electron chi connectivity index (χ4n) is 3.60. The van der Waals surface area contributed by atoms with Gasteiger partial charge in [0.15, 0.2) is 6.04 Å². The second kappa shape index (κ2) is 7.51. The average Bonchev–Trinajstić information content (AvgIpc) is 3.05. The largest absolute Gasteiger partial charge is 0.460 e. The molecule has 0 spiro atoms. The number of nitrogens with zero attached hydrogens (tertiary/aromatic N) is 1. The van der Waals surface area contributed by atoms with E-state index in [1.807, 2.05) is 0 Å². The van der Waals surface area contributed by atoms with Gasteiger partial charge in [-0.1, -0.05) is 6.58 Å². The van der Waals surface area contributed by atoms with Crippen LogP contribution in [0, 0.1) is 0 Å². The van der Waals surface area contributed by atoms with Crippen LogP contribution in [0.1, 0.15) is 26.7 Å². The molecular weight excluding hydrogens is 469 g/mol. The monoisotopic (exact) mass is 486 g/mol. The number of quaternary nitrogens is 1. The molecule has 0 aromatic rings. The quantitative estimate of drug-likeness (QED) is 0.252. The first-order valence-corrected chi connectivity index (χ1v) is 8.53. The standard InChI is InChI=1S/C16H17F13NO/c1-4-30(10(31)8(2)3)7-5-6-9(30)11(17,18)12(19,20)13(21,22)14(23,24)15(25,26)16(27,28)29/h9H,2,4-7H2,1,3H3/q+1. The maximum atomic E-state index is 14.6. The van der Waals surface area contributed by atoms with E-state index in [1.54, 1.807) is 0 Å². The van der Waals surface area contributed by atoms with Gasteiger partial charge in [-0.3, -0.25) is 0 Å². The van der Waals surface area contributed by atoms with Crippen LogP contribution >= 0.6 is 0 Å². The smallest absolute Gasteiger partial charge is 0.249 e. The number of amides is 1. The zero-order valence-electron chi connectivity index (χ0n) is 15.9. The molecule has 15 heteroatoms. The van der Waals surface area contributed by atoms with Gasteiger partial charge in [0.1, 0.15) is 0 Å². The predicted octanol–water partition coefficient (Wildman–Crippen LogP) is 5.83. The molecule has 0 saturated carbocycles. The van der Waals surface area contributed by atoms with Gasteiger partial charge >= 0.3 is 41.7 Å². The van der Waals surface area contributed by atoms with Gasteiger partial charge in [-0.2, -0.15) is 57.1 Å². The minimum absolute atomic E-state index is 0.454. The molecular formula is C16H17F13NO+. The Balaban J connectivity index is 3.66. The van der Waals surface area contributed by atoms with E-state index in [9.17, 15) is 61.9 Å².